The number of H-pyrrole nitrogens is 4. The molecule has 8 heterocycles. The number of fused-ring (bicyclic) bond motifs is 4. The summed E-state index contributed by atoms with van der Waals surface area (Å²) in [4.78, 5) is 136. The molecule has 0 aliphatic heterocycles. The Morgan fingerprint density at radius 3 is 0.940 bits per heavy atom. The van der Waals surface area contributed by atoms with E-state index in [0.29, 0.717) is 45.2 Å². The lowest BCUT2D eigenvalue weighted by Crippen LogP contribution is -2.32. The zero-order valence-electron chi connectivity index (χ0n) is 74.6. The highest BCUT2D eigenvalue weighted by atomic mass is 35.5. The molecule has 46 nitrogen and oxygen atoms in total. The first-order chi connectivity index (χ1) is 62.7. The summed E-state index contributed by atoms with van der Waals surface area (Å²) in [5.74, 6) is -1.32. The van der Waals surface area contributed by atoms with Crippen LogP contribution in [0.1, 0.15) is 94.3 Å². The molecule has 12 aromatic rings. The summed E-state index contributed by atoms with van der Waals surface area (Å²) in [6, 6.07) is 20.8. The van der Waals surface area contributed by atoms with Crippen LogP contribution < -0.4 is 65.5 Å². The number of ether oxygens (including phenoxy) is 4. The van der Waals surface area contributed by atoms with Crippen LogP contribution in [0.4, 0.5) is 28.2 Å². The maximum absolute atomic E-state index is 13.8. The number of hydrogen-bond donors (Lipinski definition) is 12. The van der Waals surface area contributed by atoms with Gasteiger partial charge in [0.1, 0.15) is 54.3 Å². The van der Waals surface area contributed by atoms with E-state index in [-0.39, 0.29) is 177 Å². The lowest BCUT2D eigenvalue weighted by Gasteiger charge is -2.23. The Balaban J connectivity index is 0.000000199. The molecular formula is C80H106ClFN24O22P4S. The number of Topliss-reactive ketones (excluding diaryl/α,β-unsaturated/α-hetero) is 4. The molecule has 0 bridgehead atoms. The molecule has 718 valence electrons. The van der Waals surface area contributed by atoms with Gasteiger partial charge in [0.25, 0.3) is 52.3 Å². The highest BCUT2D eigenvalue weighted by molar-refractivity contribution is 7.90. The van der Waals surface area contributed by atoms with Gasteiger partial charge in [-0.2, -0.15) is 19.9 Å². The fourth-order valence-corrected chi connectivity index (χ4v) is 19.3. The van der Waals surface area contributed by atoms with Crippen LogP contribution in [0.15, 0.2) is 134 Å². The quantitative estimate of drug-likeness (QED) is 0.0128. The maximum Gasteiger partial charge on any atom is 0.295 e. The fourth-order valence-electron chi connectivity index (χ4n) is 11.6. The summed E-state index contributed by atoms with van der Waals surface area (Å²) in [6.07, 6.45) is 5.67. The van der Waals surface area contributed by atoms with Crippen LogP contribution in [0, 0.1) is 26.6 Å². The number of aromatic nitrogens is 16. The predicted octanol–water partition coefficient (Wildman–Crippen LogP) is 7.73. The van der Waals surface area contributed by atoms with E-state index in [1.54, 1.807) is 83.2 Å². The van der Waals surface area contributed by atoms with Crippen molar-refractivity contribution in [3.05, 3.63) is 201 Å². The van der Waals surface area contributed by atoms with Gasteiger partial charge in [0, 0.05) is 37.5 Å². The number of ketones is 4. The third-order valence-corrected chi connectivity index (χ3v) is 28.6. The molecule has 133 heavy (non-hydrogen) atoms. The molecule has 0 fully saturated rings. The largest absolute Gasteiger partial charge is 0.369 e. The van der Waals surface area contributed by atoms with Gasteiger partial charge in [-0.1, -0.05) is 77.8 Å². The van der Waals surface area contributed by atoms with Crippen molar-refractivity contribution in [2.45, 2.75) is 158 Å². The minimum absolute atomic E-state index is 0.0124. The summed E-state index contributed by atoms with van der Waals surface area (Å²) in [5, 5.41) is 11.5. The molecule has 16 N–H and O–H groups in total. The average Bonchev–Trinajstić information content (AvgIpc) is 1.67. The topological polar surface area (TPSA) is 651 Å². The number of anilines is 4. The Morgan fingerprint density at radius 2 is 0.677 bits per heavy atom. The van der Waals surface area contributed by atoms with Crippen LogP contribution >= 0.6 is 41.7 Å². The van der Waals surface area contributed by atoms with Gasteiger partial charge in [-0.25, -0.2) is 53.1 Å². The molecule has 8 aromatic heterocycles. The van der Waals surface area contributed by atoms with E-state index in [1.165, 1.54) is 71.2 Å². The number of imidazole rings is 4. The number of nitrogens with zero attached hydrogens (tertiary/aromatic N) is 12. The number of hydrogen-bond acceptors (Lipinski definition) is 34. The third kappa shape index (κ3) is 31.4. The summed E-state index contributed by atoms with van der Waals surface area (Å²) in [6.45, 7) is 18.8. The van der Waals surface area contributed by atoms with Crippen LogP contribution in [0.3, 0.4) is 0 Å². The molecule has 8 atom stereocenters. The molecule has 0 amide bonds. The molecule has 0 saturated heterocycles. The number of aromatic amines is 4. The smallest absolute Gasteiger partial charge is 0.295 e. The molecule has 0 spiro atoms. The molecular weight excluding hydrogens is 1860 g/mol. The van der Waals surface area contributed by atoms with Crippen molar-refractivity contribution in [2.75, 3.05) is 81.0 Å². The highest BCUT2D eigenvalue weighted by Gasteiger charge is 2.33. The molecule has 0 aliphatic rings. The molecule has 0 saturated carbocycles. The Morgan fingerprint density at radius 1 is 0.421 bits per heavy atom. The van der Waals surface area contributed by atoms with Gasteiger partial charge in [0.05, 0.1) is 107 Å². The predicted molar refractivity (Wildman–Crippen MR) is 494 cm³/mol. The number of rotatable bonds is 45. The molecule has 0 aliphatic carbocycles. The second-order valence-electron chi connectivity index (χ2n) is 30.6. The van der Waals surface area contributed by atoms with Crippen LogP contribution in [0.5, 0.6) is 0 Å². The Kier molecular flexibility index (Phi) is 37.7. The minimum atomic E-state index is -3.64. The number of nitrogens with two attached hydrogens (primary N) is 4. The molecule has 12 rings (SSSR count). The van der Waals surface area contributed by atoms with E-state index in [4.69, 9.17) is 71.6 Å². The van der Waals surface area contributed by atoms with E-state index in [0.717, 1.165) is 28.5 Å². The fraction of sp³-hybridized carbons (Fsp3) is 0.400. The standard InChI is InChI=1S/C20H26ClN6O5P.C20H26FN6O5P.C20H27N6O7PS.C20H27N6O5P/c2*1-12-4-5-15(8-16(12)21)9-32-33(30,26-13(2)14(3)28)11-31-7-6-27-10-23-17-18(27)24-20(22)25-19(17)29;1-13(14(2)27)25-34(29,33-10-15-4-6-16(7-5-15)35(3,30)31)12-32-9-8-26-11-22-17-18(26)23-20(21)24-19(17)28;1-13-4-6-16(7-5-13)10-31-32(29,25-14(2)15(3)27)12-30-9-8-26-11-22-17-18(26)23-20(21)24-19(17)28/h2*4-5,8,10,13H,6-7,9,11H2,1-3H3,(H,26,30)(H3,22,24,25,29);4-7,11,13H,8-10,12H2,1-3H3,(H,25,29)(H3,21,23,24,28);4-7,11,14H,8-10,12H2,1-3H3,(H,25,29)(H3,21,23,24,28)/t2*13-,33?;13-,34?;14-,32?/m1111/s1. The zero-order chi connectivity index (χ0) is 97.5. The number of sulfone groups is 1. The van der Waals surface area contributed by atoms with Gasteiger partial charge in [-0.3, -0.25) is 76.6 Å². The number of carbonyl (C=O) groups is 4. The number of aryl methyl sites for hydroxylation is 3. The van der Waals surface area contributed by atoms with Crippen molar-refractivity contribution in [1.29, 1.82) is 0 Å². The van der Waals surface area contributed by atoms with Crippen LogP contribution in [0.25, 0.3) is 44.7 Å². The van der Waals surface area contributed by atoms with E-state index in [1.807, 2.05) is 50.2 Å². The van der Waals surface area contributed by atoms with E-state index >= 15 is 0 Å². The van der Waals surface area contributed by atoms with Crippen LogP contribution in [0.2, 0.25) is 5.02 Å². The number of carbonyl (C=O) groups excluding carboxylic acids is 4. The number of halogens is 2. The summed E-state index contributed by atoms with van der Waals surface area (Å²) < 4.78 is 142. The van der Waals surface area contributed by atoms with E-state index < -0.39 is 92.1 Å². The van der Waals surface area contributed by atoms with Gasteiger partial charge in [0.15, 0.2) is 54.5 Å². The second kappa shape index (κ2) is 47.6. The van der Waals surface area contributed by atoms with Gasteiger partial charge in [-0.05, 0) is 134 Å². The summed E-state index contributed by atoms with van der Waals surface area (Å²) in [7, 11) is -17.6. The normalized spacial score (nSPS) is 14.4. The first kappa shape index (κ1) is 105. The Hall–Kier alpha value is -11.2. The molecule has 0 radical (unpaired) electrons. The van der Waals surface area contributed by atoms with Gasteiger partial charge in [0.2, 0.25) is 23.8 Å². The Labute approximate surface area is 765 Å². The SMILES string of the molecule is CC(=O)[C@@H](C)NP(=O)(COCCn1cnc2c(=O)[nH]c(N)nc21)OCc1ccc(C)c(Cl)c1.CC(=O)[C@@H](C)NP(=O)(COCCn1cnc2c(=O)[nH]c(N)nc21)OCc1ccc(C)c(F)c1.CC(=O)[C@@H](C)NP(=O)(COCCn1cnc2c(=O)[nH]c(N)nc21)OCc1ccc(C)cc1.CC(=O)[C@@H](C)NP(=O)(COCCn1cnc2c(=O)[nH]c(N)nc21)OCc1ccc(S(C)(=O)=O)cc1. The van der Waals surface area contributed by atoms with Gasteiger partial charge >= 0.3 is 0 Å². The first-order valence-electron chi connectivity index (χ1n) is 40.8. The van der Waals surface area contributed by atoms with E-state index in [9.17, 15) is 69.4 Å². The first-order valence-corrected chi connectivity index (χ1v) is 50.3. The monoisotopic (exact) mass is 1960 g/mol. The van der Waals surface area contributed by atoms with E-state index in [2.05, 4.69) is 80.2 Å². The number of nitrogens with one attached hydrogen (secondary N) is 8. The van der Waals surface area contributed by atoms with Crippen molar-refractivity contribution in [3.63, 3.8) is 0 Å². The molecule has 4 aromatic carbocycles. The maximum atomic E-state index is 13.8. The molecule has 53 heteroatoms. The van der Waals surface area contributed by atoms with Crippen molar-refractivity contribution in [2.24, 2.45) is 0 Å². The number of nitrogen functional groups attached to an aromatic ring is 4. The van der Waals surface area contributed by atoms with Crippen molar-refractivity contribution >= 4 is 143 Å². The van der Waals surface area contributed by atoms with Gasteiger partial charge in [-0.15, -0.1) is 0 Å². The average molecular weight is 1970 g/mol. The summed E-state index contributed by atoms with van der Waals surface area (Å²) in [5.41, 5.74) is 27.6. The summed E-state index contributed by atoms with van der Waals surface area (Å²) >= 11 is 6.15. The highest BCUT2D eigenvalue weighted by Crippen LogP contribution is 2.47. The number of benzene rings is 4. The lowest BCUT2D eigenvalue weighted by molar-refractivity contribution is -0.119. The van der Waals surface area contributed by atoms with Crippen molar-refractivity contribution < 1.29 is 87.3 Å². The zero-order valence-corrected chi connectivity index (χ0v) is 79.8. The lowest BCUT2D eigenvalue weighted by atomic mass is 10.1. The van der Waals surface area contributed by atoms with Crippen LogP contribution in [-0.4, -0.2) is 192 Å². The van der Waals surface area contributed by atoms with Crippen LogP contribution in [-0.2, 0) is 137 Å². The minimum Gasteiger partial charge on any atom is -0.369 e. The Bertz CT molecular complexity index is 6520. The van der Waals surface area contributed by atoms with Gasteiger partial charge < -0.3 is 78.2 Å². The third-order valence-electron chi connectivity index (χ3n) is 19.6. The molecule has 4 unspecified atom stereocenters. The second-order valence-corrected chi connectivity index (χ2v) is 41.5. The van der Waals surface area contributed by atoms with Crippen molar-refractivity contribution in [3.8, 4) is 0 Å². The van der Waals surface area contributed by atoms with Crippen molar-refractivity contribution in [1.82, 2.24) is 98.4 Å².